The van der Waals surface area contributed by atoms with Gasteiger partial charge in [0.05, 0.1) is 10.5 Å². The molecule has 3 N–H and O–H groups in total. The van der Waals surface area contributed by atoms with E-state index < -0.39 is 16.0 Å². The van der Waals surface area contributed by atoms with Gasteiger partial charge >= 0.3 is 5.97 Å². The zero-order chi connectivity index (χ0) is 16.0. The van der Waals surface area contributed by atoms with Gasteiger partial charge in [0, 0.05) is 12.2 Å². The zero-order valence-corrected chi connectivity index (χ0v) is 12.5. The fraction of sp³-hybridized carbons (Fsp3) is 0.133. The molecule has 0 fully saturated rings. The van der Waals surface area contributed by atoms with Crippen molar-refractivity contribution in [2.45, 2.75) is 4.90 Å². The van der Waals surface area contributed by atoms with Crippen molar-refractivity contribution in [1.82, 2.24) is 4.72 Å². The molecule has 2 aromatic carbocycles. The van der Waals surface area contributed by atoms with E-state index in [0.29, 0.717) is 11.3 Å². The first-order valence-corrected chi connectivity index (χ1v) is 8.05. The van der Waals surface area contributed by atoms with Crippen LogP contribution in [0.15, 0.2) is 59.5 Å². The molecule has 0 radical (unpaired) electrons. The molecule has 0 amide bonds. The average Bonchev–Trinajstić information content (AvgIpc) is 2.52. The fourth-order valence-corrected chi connectivity index (χ4v) is 2.72. The summed E-state index contributed by atoms with van der Waals surface area (Å²) in [7, 11) is -3.64. The molecule has 0 saturated heterocycles. The van der Waals surface area contributed by atoms with E-state index >= 15 is 0 Å². The Bertz CT molecular complexity index is 728. The second-order valence-electron chi connectivity index (χ2n) is 4.47. The number of ether oxygens (including phenoxy) is 1. The molecular formula is C15H16N2O4S. The lowest BCUT2D eigenvalue weighted by atomic mass is 10.2. The quantitative estimate of drug-likeness (QED) is 0.476. The van der Waals surface area contributed by atoms with E-state index in [2.05, 4.69) is 4.72 Å². The standard InChI is InChI=1S/C15H16N2O4S/c16-13-6-8-14(9-7-13)22(19,20)17-10-11-21-15(18)12-4-2-1-3-5-12/h1-9,17H,10-11,16H2. The largest absolute Gasteiger partial charge is 0.461 e. The number of esters is 1. The lowest BCUT2D eigenvalue weighted by molar-refractivity contribution is 0.0513. The van der Waals surface area contributed by atoms with Gasteiger partial charge in [-0.3, -0.25) is 0 Å². The van der Waals surface area contributed by atoms with Crippen molar-refractivity contribution in [2.24, 2.45) is 0 Å². The molecule has 0 aromatic heterocycles. The van der Waals surface area contributed by atoms with Crippen LogP contribution in [0.3, 0.4) is 0 Å². The summed E-state index contributed by atoms with van der Waals surface area (Å²) in [6.45, 7) is -0.0623. The molecule has 2 rings (SSSR count). The van der Waals surface area contributed by atoms with Crippen molar-refractivity contribution in [2.75, 3.05) is 18.9 Å². The van der Waals surface area contributed by atoms with E-state index in [9.17, 15) is 13.2 Å². The molecule has 0 atom stereocenters. The van der Waals surface area contributed by atoms with Crippen LogP contribution in [0.1, 0.15) is 10.4 Å². The third-order valence-electron chi connectivity index (χ3n) is 2.83. The Morgan fingerprint density at radius 1 is 1.05 bits per heavy atom. The lowest BCUT2D eigenvalue weighted by Crippen LogP contribution is -2.28. The van der Waals surface area contributed by atoms with Gasteiger partial charge in [0.1, 0.15) is 6.61 Å². The summed E-state index contributed by atoms with van der Waals surface area (Å²) in [6, 6.07) is 14.3. The molecule has 0 saturated carbocycles. The molecule has 0 spiro atoms. The van der Waals surface area contributed by atoms with Gasteiger partial charge in [0.15, 0.2) is 0 Å². The summed E-state index contributed by atoms with van der Waals surface area (Å²) in [4.78, 5) is 11.8. The van der Waals surface area contributed by atoms with Gasteiger partial charge in [0.2, 0.25) is 10.0 Å². The molecule has 0 aliphatic heterocycles. The zero-order valence-electron chi connectivity index (χ0n) is 11.7. The van der Waals surface area contributed by atoms with E-state index in [-0.39, 0.29) is 18.0 Å². The highest BCUT2D eigenvalue weighted by atomic mass is 32.2. The predicted octanol–water partition coefficient (Wildman–Crippen LogP) is 1.40. The molecule has 0 heterocycles. The van der Waals surface area contributed by atoms with Gasteiger partial charge in [-0.05, 0) is 36.4 Å². The topological polar surface area (TPSA) is 98.5 Å². The second-order valence-corrected chi connectivity index (χ2v) is 6.24. The highest BCUT2D eigenvalue weighted by Gasteiger charge is 2.13. The van der Waals surface area contributed by atoms with Crippen LogP contribution >= 0.6 is 0 Å². The monoisotopic (exact) mass is 320 g/mol. The number of hydrogen-bond acceptors (Lipinski definition) is 5. The third-order valence-corrected chi connectivity index (χ3v) is 4.30. The van der Waals surface area contributed by atoms with Crippen LogP contribution in [-0.2, 0) is 14.8 Å². The number of hydrogen-bond donors (Lipinski definition) is 2. The minimum atomic E-state index is -3.64. The smallest absolute Gasteiger partial charge is 0.338 e. The Labute approximate surface area is 129 Å². The fourth-order valence-electron chi connectivity index (χ4n) is 1.71. The van der Waals surface area contributed by atoms with Crippen molar-refractivity contribution in [3.8, 4) is 0 Å². The summed E-state index contributed by atoms with van der Waals surface area (Å²) in [5.74, 6) is -0.493. The number of nitrogen functional groups attached to an aromatic ring is 1. The summed E-state index contributed by atoms with van der Waals surface area (Å²) < 4.78 is 31.3. The molecular weight excluding hydrogens is 304 g/mol. The number of sulfonamides is 1. The van der Waals surface area contributed by atoms with E-state index in [1.54, 1.807) is 30.3 Å². The van der Waals surface area contributed by atoms with E-state index in [1.807, 2.05) is 0 Å². The van der Waals surface area contributed by atoms with Crippen molar-refractivity contribution < 1.29 is 17.9 Å². The number of rotatable bonds is 6. The minimum Gasteiger partial charge on any atom is -0.461 e. The third kappa shape index (κ3) is 4.31. The van der Waals surface area contributed by atoms with E-state index in [1.165, 1.54) is 24.3 Å². The summed E-state index contributed by atoms with van der Waals surface area (Å²) >= 11 is 0. The van der Waals surface area contributed by atoms with Crippen molar-refractivity contribution in [3.05, 3.63) is 60.2 Å². The van der Waals surface area contributed by atoms with Crippen LogP contribution in [0.4, 0.5) is 5.69 Å². The summed E-state index contributed by atoms with van der Waals surface area (Å²) in [5, 5.41) is 0. The number of carbonyl (C=O) groups excluding carboxylic acids is 1. The SMILES string of the molecule is Nc1ccc(S(=O)(=O)NCCOC(=O)c2ccccc2)cc1. The highest BCUT2D eigenvalue weighted by molar-refractivity contribution is 7.89. The molecule has 2 aromatic rings. The molecule has 6 nitrogen and oxygen atoms in total. The number of anilines is 1. The molecule has 0 aliphatic rings. The van der Waals surface area contributed by atoms with E-state index in [4.69, 9.17) is 10.5 Å². The molecule has 22 heavy (non-hydrogen) atoms. The van der Waals surface area contributed by atoms with Crippen molar-refractivity contribution in [1.29, 1.82) is 0 Å². The summed E-state index contributed by atoms with van der Waals surface area (Å²) in [6.07, 6.45) is 0. The van der Waals surface area contributed by atoms with Crippen molar-refractivity contribution in [3.63, 3.8) is 0 Å². The normalized spacial score (nSPS) is 11.1. The van der Waals surface area contributed by atoms with Crippen LogP contribution in [0, 0.1) is 0 Å². The first-order valence-electron chi connectivity index (χ1n) is 6.56. The number of carbonyl (C=O) groups is 1. The maximum atomic E-state index is 12.0. The first-order chi connectivity index (χ1) is 10.5. The Balaban J connectivity index is 1.83. The Morgan fingerprint density at radius 3 is 2.32 bits per heavy atom. The molecule has 7 heteroatoms. The number of benzene rings is 2. The van der Waals surface area contributed by atoms with Crippen LogP contribution in [-0.4, -0.2) is 27.5 Å². The number of nitrogens with two attached hydrogens (primary N) is 1. The maximum Gasteiger partial charge on any atom is 0.338 e. The molecule has 0 bridgehead atoms. The van der Waals surface area contributed by atoms with Gasteiger partial charge in [-0.25, -0.2) is 17.9 Å². The predicted molar refractivity (Wildman–Crippen MR) is 82.8 cm³/mol. The highest BCUT2D eigenvalue weighted by Crippen LogP contribution is 2.11. The minimum absolute atomic E-state index is 0.00865. The Hall–Kier alpha value is -2.38. The van der Waals surface area contributed by atoms with Gasteiger partial charge in [-0.1, -0.05) is 18.2 Å². The van der Waals surface area contributed by atoms with Crippen LogP contribution in [0.2, 0.25) is 0 Å². The van der Waals surface area contributed by atoms with Crippen molar-refractivity contribution >= 4 is 21.7 Å². The second kappa shape index (κ2) is 7.06. The van der Waals surface area contributed by atoms with Gasteiger partial charge in [-0.15, -0.1) is 0 Å². The van der Waals surface area contributed by atoms with Gasteiger partial charge < -0.3 is 10.5 Å². The van der Waals surface area contributed by atoms with Crippen LogP contribution in [0.25, 0.3) is 0 Å². The lowest BCUT2D eigenvalue weighted by Gasteiger charge is -2.08. The first kappa shape index (κ1) is 16.0. The Morgan fingerprint density at radius 2 is 1.68 bits per heavy atom. The molecule has 116 valence electrons. The molecule has 0 aliphatic carbocycles. The molecule has 0 unspecified atom stereocenters. The average molecular weight is 320 g/mol. The van der Waals surface area contributed by atoms with Gasteiger partial charge in [0.25, 0.3) is 0 Å². The summed E-state index contributed by atoms with van der Waals surface area (Å²) in [5.41, 5.74) is 6.41. The van der Waals surface area contributed by atoms with Crippen LogP contribution in [0.5, 0.6) is 0 Å². The van der Waals surface area contributed by atoms with Crippen LogP contribution < -0.4 is 10.5 Å². The number of nitrogens with one attached hydrogen (secondary N) is 1. The van der Waals surface area contributed by atoms with Gasteiger partial charge in [-0.2, -0.15) is 0 Å². The van der Waals surface area contributed by atoms with E-state index in [0.717, 1.165) is 0 Å². The Kier molecular flexibility index (Phi) is 5.13. The maximum absolute atomic E-state index is 12.0.